The monoisotopic (exact) mass is 384 g/mol. The van der Waals surface area contributed by atoms with Gasteiger partial charge in [0.2, 0.25) is 5.91 Å². The first-order chi connectivity index (χ1) is 12.9. The number of hydrogen-bond acceptors (Lipinski definition) is 7. The summed E-state index contributed by atoms with van der Waals surface area (Å²) < 4.78 is 16.0. The standard InChI is InChI=1S/C19H32N2O6/c1-5-26-12-16(23)10-21(11-17(24)13-27-6-2)18-9-15(20-14(3)22)7-8-19(18)25-4/h7-9,16-17,23-24H,5-6,10-13H2,1-4H3,(H,20,22). The van der Waals surface area contributed by atoms with Crippen molar-refractivity contribution in [3.05, 3.63) is 18.2 Å². The minimum Gasteiger partial charge on any atom is -0.495 e. The number of benzene rings is 1. The molecule has 0 fully saturated rings. The summed E-state index contributed by atoms with van der Waals surface area (Å²) in [7, 11) is 1.54. The molecule has 0 heterocycles. The average molecular weight is 384 g/mol. The molecule has 3 N–H and O–H groups in total. The van der Waals surface area contributed by atoms with Crippen LogP contribution < -0.4 is 15.0 Å². The second-order valence-electron chi connectivity index (χ2n) is 6.10. The lowest BCUT2D eigenvalue weighted by Crippen LogP contribution is -2.41. The third-order valence-corrected chi connectivity index (χ3v) is 3.73. The van der Waals surface area contributed by atoms with E-state index in [-0.39, 0.29) is 32.2 Å². The first-order valence-electron chi connectivity index (χ1n) is 9.13. The van der Waals surface area contributed by atoms with Crippen molar-refractivity contribution in [2.75, 3.05) is 56.8 Å². The first kappa shape index (κ1) is 23.2. The number of aliphatic hydroxyl groups excluding tert-OH is 2. The minimum atomic E-state index is -0.752. The zero-order valence-electron chi connectivity index (χ0n) is 16.6. The Morgan fingerprint density at radius 3 is 2.11 bits per heavy atom. The SMILES string of the molecule is CCOCC(O)CN(CC(O)COCC)c1cc(NC(C)=O)ccc1OC. The number of hydrogen-bond donors (Lipinski definition) is 3. The van der Waals surface area contributed by atoms with Crippen molar-refractivity contribution >= 4 is 17.3 Å². The molecule has 2 atom stereocenters. The summed E-state index contributed by atoms with van der Waals surface area (Å²) in [5.74, 6) is 0.377. The van der Waals surface area contributed by atoms with E-state index in [9.17, 15) is 15.0 Å². The van der Waals surface area contributed by atoms with Gasteiger partial charge in [0, 0.05) is 38.9 Å². The fraction of sp³-hybridized carbons (Fsp3) is 0.632. The molecule has 0 aliphatic rings. The van der Waals surface area contributed by atoms with Crippen LogP contribution in [-0.2, 0) is 14.3 Å². The number of carbonyl (C=O) groups is 1. The first-order valence-corrected chi connectivity index (χ1v) is 9.13. The van der Waals surface area contributed by atoms with Gasteiger partial charge in [0.25, 0.3) is 0 Å². The van der Waals surface area contributed by atoms with Gasteiger partial charge in [-0.05, 0) is 32.0 Å². The van der Waals surface area contributed by atoms with E-state index < -0.39 is 12.2 Å². The molecule has 1 aromatic rings. The van der Waals surface area contributed by atoms with Crippen LogP contribution in [0.1, 0.15) is 20.8 Å². The molecule has 154 valence electrons. The van der Waals surface area contributed by atoms with Crippen LogP contribution in [0.5, 0.6) is 5.75 Å². The number of carbonyl (C=O) groups excluding carboxylic acids is 1. The second-order valence-corrected chi connectivity index (χ2v) is 6.10. The lowest BCUT2D eigenvalue weighted by Gasteiger charge is -2.30. The number of nitrogens with one attached hydrogen (secondary N) is 1. The summed E-state index contributed by atoms with van der Waals surface area (Å²) in [6, 6.07) is 5.22. The van der Waals surface area contributed by atoms with Crippen LogP contribution in [0.15, 0.2) is 18.2 Å². The summed E-state index contributed by atoms with van der Waals surface area (Å²) in [4.78, 5) is 13.2. The highest BCUT2D eigenvalue weighted by Crippen LogP contribution is 2.32. The third-order valence-electron chi connectivity index (χ3n) is 3.73. The van der Waals surface area contributed by atoms with Crippen LogP contribution in [0.2, 0.25) is 0 Å². The number of amides is 1. The summed E-state index contributed by atoms with van der Waals surface area (Å²) in [5, 5.41) is 23.3. The molecule has 0 bridgehead atoms. The molecule has 0 saturated carbocycles. The zero-order valence-corrected chi connectivity index (χ0v) is 16.6. The molecule has 1 rings (SSSR count). The number of aliphatic hydroxyl groups is 2. The molecule has 2 unspecified atom stereocenters. The van der Waals surface area contributed by atoms with Gasteiger partial charge in [0.15, 0.2) is 0 Å². The largest absolute Gasteiger partial charge is 0.495 e. The van der Waals surface area contributed by atoms with Crippen molar-refractivity contribution in [3.63, 3.8) is 0 Å². The van der Waals surface area contributed by atoms with E-state index in [4.69, 9.17) is 14.2 Å². The molecule has 8 nitrogen and oxygen atoms in total. The zero-order chi connectivity index (χ0) is 20.2. The Bertz CT molecular complexity index is 553. The Hall–Kier alpha value is -1.87. The van der Waals surface area contributed by atoms with Crippen molar-refractivity contribution in [1.82, 2.24) is 0 Å². The molecular weight excluding hydrogens is 352 g/mol. The fourth-order valence-electron chi connectivity index (χ4n) is 2.61. The molecule has 0 saturated heterocycles. The van der Waals surface area contributed by atoms with E-state index in [0.717, 1.165) is 0 Å². The molecule has 0 aromatic heterocycles. The van der Waals surface area contributed by atoms with E-state index >= 15 is 0 Å². The molecule has 1 aromatic carbocycles. The molecule has 1 amide bonds. The van der Waals surface area contributed by atoms with Crippen molar-refractivity contribution in [3.8, 4) is 5.75 Å². The number of ether oxygens (including phenoxy) is 3. The molecule has 8 heteroatoms. The van der Waals surface area contributed by atoms with Gasteiger partial charge in [-0.3, -0.25) is 4.79 Å². The van der Waals surface area contributed by atoms with Crippen molar-refractivity contribution in [2.45, 2.75) is 33.0 Å². The van der Waals surface area contributed by atoms with E-state index in [2.05, 4.69) is 5.32 Å². The maximum Gasteiger partial charge on any atom is 0.221 e. The van der Waals surface area contributed by atoms with Crippen LogP contribution in [-0.4, -0.2) is 75.0 Å². The predicted molar refractivity (Wildman–Crippen MR) is 105 cm³/mol. The van der Waals surface area contributed by atoms with E-state index in [1.54, 1.807) is 30.2 Å². The van der Waals surface area contributed by atoms with Crippen molar-refractivity contribution in [1.29, 1.82) is 0 Å². The lowest BCUT2D eigenvalue weighted by atomic mass is 10.2. The summed E-state index contributed by atoms with van der Waals surface area (Å²) in [6.45, 7) is 6.97. The van der Waals surface area contributed by atoms with E-state index in [1.165, 1.54) is 6.92 Å². The highest BCUT2D eigenvalue weighted by atomic mass is 16.5. The Labute approximate surface area is 161 Å². The maximum atomic E-state index is 11.4. The van der Waals surface area contributed by atoms with Crippen LogP contribution >= 0.6 is 0 Å². The molecule has 27 heavy (non-hydrogen) atoms. The molecule has 0 aliphatic heterocycles. The third kappa shape index (κ3) is 8.57. The van der Waals surface area contributed by atoms with Gasteiger partial charge in [-0.15, -0.1) is 0 Å². The average Bonchev–Trinajstić information content (AvgIpc) is 2.63. The Balaban J connectivity index is 3.08. The lowest BCUT2D eigenvalue weighted by molar-refractivity contribution is -0.114. The highest BCUT2D eigenvalue weighted by molar-refractivity contribution is 5.89. The van der Waals surface area contributed by atoms with Crippen LogP contribution in [0.3, 0.4) is 0 Å². The topological polar surface area (TPSA) is 100 Å². The van der Waals surface area contributed by atoms with Crippen molar-refractivity contribution < 1.29 is 29.2 Å². The predicted octanol–water partition coefficient (Wildman–Crippen LogP) is 1.25. The number of rotatable bonds is 13. The van der Waals surface area contributed by atoms with E-state index in [0.29, 0.717) is 30.3 Å². The Morgan fingerprint density at radius 2 is 1.67 bits per heavy atom. The highest BCUT2D eigenvalue weighted by Gasteiger charge is 2.20. The van der Waals surface area contributed by atoms with Crippen molar-refractivity contribution in [2.24, 2.45) is 0 Å². The van der Waals surface area contributed by atoms with Crippen LogP contribution in [0.4, 0.5) is 11.4 Å². The van der Waals surface area contributed by atoms with Crippen LogP contribution in [0, 0.1) is 0 Å². The van der Waals surface area contributed by atoms with Gasteiger partial charge in [-0.1, -0.05) is 0 Å². The summed E-state index contributed by atoms with van der Waals surface area (Å²) in [5.41, 5.74) is 1.25. The van der Waals surface area contributed by atoms with Gasteiger partial charge >= 0.3 is 0 Å². The van der Waals surface area contributed by atoms with E-state index in [1.807, 2.05) is 13.8 Å². The molecule has 0 radical (unpaired) electrons. The molecule has 0 spiro atoms. The summed E-state index contributed by atoms with van der Waals surface area (Å²) >= 11 is 0. The maximum absolute atomic E-state index is 11.4. The molecule has 0 aliphatic carbocycles. The number of methoxy groups -OCH3 is 1. The van der Waals surface area contributed by atoms with Gasteiger partial charge in [0.1, 0.15) is 5.75 Å². The summed E-state index contributed by atoms with van der Waals surface area (Å²) in [6.07, 6.45) is -1.50. The van der Waals surface area contributed by atoms with Gasteiger partial charge < -0.3 is 34.6 Å². The fourth-order valence-corrected chi connectivity index (χ4v) is 2.61. The smallest absolute Gasteiger partial charge is 0.221 e. The van der Waals surface area contributed by atoms with Crippen LogP contribution in [0.25, 0.3) is 0 Å². The van der Waals surface area contributed by atoms with Gasteiger partial charge in [-0.25, -0.2) is 0 Å². The second kappa shape index (κ2) is 12.5. The Kier molecular flexibility index (Phi) is 10.7. The van der Waals surface area contributed by atoms with Gasteiger partial charge in [-0.2, -0.15) is 0 Å². The molecular formula is C19H32N2O6. The minimum absolute atomic E-state index is 0.183. The number of nitrogens with zero attached hydrogens (tertiary/aromatic N) is 1. The normalized spacial score (nSPS) is 13.1. The Morgan fingerprint density at radius 1 is 1.11 bits per heavy atom. The number of anilines is 2. The van der Waals surface area contributed by atoms with Gasteiger partial charge in [0.05, 0.1) is 38.2 Å². The quantitative estimate of drug-likeness (QED) is 0.471.